The van der Waals surface area contributed by atoms with Crippen molar-refractivity contribution in [2.75, 3.05) is 19.6 Å². The summed E-state index contributed by atoms with van der Waals surface area (Å²) < 4.78 is 1.60. The largest absolute Gasteiger partial charge is 0.353 e. The number of hydrogen-bond donors (Lipinski definition) is 1. The van der Waals surface area contributed by atoms with E-state index in [1.807, 2.05) is 12.1 Å². The molecule has 1 aliphatic heterocycles. The topological polar surface area (TPSA) is 67.2 Å². The first-order chi connectivity index (χ1) is 10.1. The summed E-state index contributed by atoms with van der Waals surface area (Å²) in [5.74, 6) is -0.329. The molecule has 21 heavy (non-hydrogen) atoms. The van der Waals surface area contributed by atoms with E-state index < -0.39 is 0 Å². The molecule has 0 radical (unpaired) electrons. The van der Waals surface area contributed by atoms with Gasteiger partial charge >= 0.3 is 0 Å². The van der Waals surface area contributed by atoms with Gasteiger partial charge in [0.25, 0.3) is 5.91 Å². The molecule has 6 nitrogen and oxygen atoms in total. The Bertz CT molecular complexity index is 681. The van der Waals surface area contributed by atoms with E-state index in [1.54, 1.807) is 23.0 Å². The van der Waals surface area contributed by atoms with Crippen molar-refractivity contribution < 1.29 is 9.59 Å². The minimum Gasteiger partial charge on any atom is -0.353 e. The van der Waals surface area contributed by atoms with Crippen LogP contribution in [0.3, 0.4) is 0 Å². The van der Waals surface area contributed by atoms with Crippen LogP contribution in [0.1, 0.15) is 10.4 Å². The summed E-state index contributed by atoms with van der Waals surface area (Å²) in [7, 11) is 0. The van der Waals surface area contributed by atoms with Gasteiger partial charge in [-0.1, -0.05) is 11.6 Å². The van der Waals surface area contributed by atoms with Crippen molar-refractivity contribution in [2.24, 2.45) is 0 Å². The highest BCUT2D eigenvalue weighted by Gasteiger charge is 2.23. The van der Waals surface area contributed by atoms with Crippen LogP contribution in [-0.2, 0) is 4.79 Å². The monoisotopic (exact) mass is 304 g/mol. The van der Waals surface area contributed by atoms with Gasteiger partial charge in [-0.2, -0.15) is 5.10 Å². The Morgan fingerprint density at radius 2 is 2.05 bits per heavy atom. The number of benzene rings is 1. The van der Waals surface area contributed by atoms with Crippen molar-refractivity contribution in [1.82, 2.24) is 20.0 Å². The Balaban J connectivity index is 1.79. The maximum Gasteiger partial charge on any atom is 0.257 e. The first kappa shape index (κ1) is 13.6. The lowest BCUT2D eigenvalue weighted by molar-refractivity contribution is -0.123. The molecular formula is C14H13ClN4O2. The smallest absolute Gasteiger partial charge is 0.257 e. The number of nitrogens with zero attached hydrogens (tertiary/aromatic N) is 3. The maximum absolute atomic E-state index is 12.3. The molecule has 0 unspecified atom stereocenters. The number of amides is 2. The van der Waals surface area contributed by atoms with Gasteiger partial charge in [-0.3, -0.25) is 9.59 Å². The third-order valence-electron chi connectivity index (χ3n) is 3.25. The van der Waals surface area contributed by atoms with Crippen LogP contribution in [0.15, 0.2) is 36.7 Å². The normalized spacial score (nSPS) is 14.9. The predicted molar refractivity (Wildman–Crippen MR) is 77.5 cm³/mol. The Labute approximate surface area is 126 Å². The fourth-order valence-electron chi connectivity index (χ4n) is 2.16. The molecule has 1 saturated heterocycles. The van der Waals surface area contributed by atoms with Gasteiger partial charge in [0.05, 0.1) is 24.0 Å². The fraction of sp³-hybridized carbons (Fsp3) is 0.214. The lowest BCUT2D eigenvalue weighted by Crippen LogP contribution is -2.49. The van der Waals surface area contributed by atoms with Crippen LogP contribution in [0.5, 0.6) is 0 Å². The number of piperazine rings is 1. The molecule has 1 N–H and O–H groups in total. The summed E-state index contributed by atoms with van der Waals surface area (Å²) in [6.45, 7) is 1.08. The zero-order valence-electron chi connectivity index (χ0n) is 11.1. The van der Waals surface area contributed by atoms with E-state index in [0.29, 0.717) is 23.7 Å². The summed E-state index contributed by atoms with van der Waals surface area (Å²) in [6, 6.07) is 7.15. The highest BCUT2D eigenvalue weighted by molar-refractivity contribution is 6.30. The number of rotatable bonds is 2. The number of halogens is 1. The second kappa shape index (κ2) is 5.57. The average Bonchev–Trinajstić information content (AvgIpc) is 2.97. The van der Waals surface area contributed by atoms with Crippen LogP contribution in [-0.4, -0.2) is 46.1 Å². The van der Waals surface area contributed by atoms with E-state index in [0.717, 1.165) is 5.69 Å². The summed E-state index contributed by atoms with van der Waals surface area (Å²) in [5.41, 5.74) is 1.27. The second-order valence-corrected chi connectivity index (χ2v) is 5.16. The fourth-order valence-corrected chi connectivity index (χ4v) is 2.29. The molecule has 0 atom stereocenters. The molecular weight excluding hydrogens is 292 g/mol. The SMILES string of the molecule is O=C1CN(C(=O)c2cnn(-c3ccc(Cl)cc3)c2)CCN1. The quantitative estimate of drug-likeness (QED) is 0.903. The van der Waals surface area contributed by atoms with Crippen LogP contribution < -0.4 is 5.32 Å². The zero-order valence-corrected chi connectivity index (χ0v) is 11.9. The minimum absolute atomic E-state index is 0.0883. The van der Waals surface area contributed by atoms with Crippen molar-refractivity contribution in [3.8, 4) is 5.69 Å². The molecule has 1 aliphatic rings. The zero-order chi connectivity index (χ0) is 14.8. The molecule has 0 spiro atoms. The number of nitrogens with one attached hydrogen (secondary N) is 1. The third-order valence-corrected chi connectivity index (χ3v) is 3.50. The Morgan fingerprint density at radius 1 is 1.29 bits per heavy atom. The molecule has 0 bridgehead atoms. The van der Waals surface area contributed by atoms with Crippen LogP contribution in [0.4, 0.5) is 0 Å². The molecule has 2 heterocycles. The molecule has 7 heteroatoms. The van der Waals surface area contributed by atoms with Gasteiger partial charge in [0.2, 0.25) is 5.91 Å². The number of carbonyl (C=O) groups is 2. The standard InChI is InChI=1S/C14H13ClN4O2/c15-11-1-3-12(4-2-11)19-8-10(7-17-19)14(21)18-6-5-16-13(20)9-18/h1-4,7-8H,5-6,9H2,(H,16,20). The van der Waals surface area contributed by atoms with Crippen LogP contribution in [0, 0.1) is 0 Å². The summed E-state index contributed by atoms with van der Waals surface area (Å²) in [4.78, 5) is 25.2. The molecule has 2 amide bonds. The summed E-state index contributed by atoms with van der Waals surface area (Å²) >= 11 is 5.84. The molecule has 1 fully saturated rings. The van der Waals surface area contributed by atoms with Gasteiger partial charge in [0.1, 0.15) is 0 Å². The maximum atomic E-state index is 12.3. The molecule has 3 rings (SSSR count). The minimum atomic E-state index is -0.190. The van der Waals surface area contributed by atoms with E-state index in [-0.39, 0.29) is 18.4 Å². The van der Waals surface area contributed by atoms with E-state index >= 15 is 0 Å². The number of aromatic nitrogens is 2. The number of carbonyl (C=O) groups excluding carboxylic acids is 2. The lowest BCUT2D eigenvalue weighted by Gasteiger charge is -2.26. The van der Waals surface area contributed by atoms with E-state index in [1.165, 1.54) is 11.1 Å². The van der Waals surface area contributed by atoms with Crippen molar-refractivity contribution in [3.05, 3.63) is 47.2 Å². The first-order valence-electron chi connectivity index (χ1n) is 6.50. The second-order valence-electron chi connectivity index (χ2n) is 4.73. The summed E-state index contributed by atoms with van der Waals surface area (Å²) in [6.07, 6.45) is 3.15. The van der Waals surface area contributed by atoms with Crippen molar-refractivity contribution >= 4 is 23.4 Å². The molecule has 0 aliphatic carbocycles. The van der Waals surface area contributed by atoms with Crippen molar-refractivity contribution in [2.45, 2.75) is 0 Å². The first-order valence-corrected chi connectivity index (χ1v) is 6.88. The van der Waals surface area contributed by atoms with E-state index in [9.17, 15) is 9.59 Å². The average molecular weight is 305 g/mol. The van der Waals surface area contributed by atoms with Crippen LogP contribution in [0.2, 0.25) is 5.02 Å². The molecule has 2 aromatic rings. The lowest BCUT2D eigenvalue weighted by atomic mass is 10.2. The Hall–Kier alpha value is -2.34. The van der Waals surface area contributed by atoms with Crippen LogP contribution >= 0.6 is 11.6 Å². The third kappa shape index (κ3) is 2.90. The van der Waals surface area contributed by atoms with Gasteiger partial charge in [0, 0.05) is 24.3 Å². The van der Waals surface area contributed by atoms with Gasteiger partial charge in [0.15, 0.2) is 0 Å². The van der Waals surface area contributed by atoms with Crippen molar-refractivity contribution in [3.63, 3.8) is 0 Å². The van der Waals surface area contributed by atoms with Crippen LogP contribution in [0.25, 0.3) is 5.69 Å². The van der Waals surface area contributed by atoms with E-state index in [4.69, 9.17) is 11.6 Å². The van der Waals surface area contributed by atoms with Crippen molar-refractivity contribution in [1.29, 1.82) is 0 Å². The Morgan fingerprint density at radius 3 is 2.76 bits per heavy atom. The van der Waals surface area contributed by atoms with Gasteiger partial charge in [-0.05, 0) is 24.3 Å². The highest BCUT2D eigenvalue weighted by atomic mass is 35.5. The predicted octanol–water partition coefficient (Wildman–Crippen LogP) is 1.10. The van der Waals surface area contributed by atoms with Gasteiger partial charge in [-0.15, -0.1) is 0 Å². The molecule has 1 aromatic heterocycles. The molecule has 1 aromatic carbocycles. The number of hydrogen-bond acceptors (Lipinski definition) is 3. The summed E-state index contributed by atoms with van der Waals surface area (Å²) in [5, 5.41) is 7.51. The van der Waals surface area contributed by atoms with Gasteiger partial charge < -0.3 is 10.2 Å². The van der Waals surface area contributed by atoms with E-state index in [2.05, 4.69) is 10.4 Å². The molecule has 0 saturated carbocycles. The van der Waals surface area contributed by atoms with Gasteiger partial charge in [-0.25, -0.2) is 4.68 Å². The molecule has 108 valence electrons. The Kier molecular flexibility index (Phi) is 3.62. The highest BCUT2D eigenvalue weighted by Crippen LogP contribution is 2.14.